The minimum Gasteiger partial charge on any atom is -0.444 e. The van der Waals surface area contributed by atoms with Crippen molar-refractivity contribution < 1.29 is 9.53 Å². The summed E-state index contributed by atoms with van der Waals surface area (Å²) < 4.78 is 5.18. The minimum atomic E-state index is -0.444. The van der Waals surface area contributed by atoms with Crippen LogP contribution in [-0.4, -0.2) is 23.8 Å². The van der Waals surface area contributed by atoms with E-state index in [0.29, 0.717) is 0 Å². The van der Waals surface area contributed by atoms with Gasteiger partial charge in [0.2, 0.25) is 0 Å². The molecule has 0 aromatic heterocycles. The van der Waals surface area contributed by atoms with Gasteiger partial charge < -0.3 is 15.8 Å². The van der Waals surface area contributed by atoms with Crippen LogP contribution in [0.4, 0.5) is 4.79 Å². The molecule has 15 heavy (non-hydrogen) atoms. The molecule has 0 saturated heterocycles. The van der Waals surface area contributed by atoms with Gasteiger partial charge in [0.15, 0.2) is 0 Å². The SMILES string of the molecule is CC(C)(C)OC(=O)N[C@@H]1C[C@H](N)C1(C)C. The van der Waals surface area contributed by atoms with Gasteiger partial charge in [-0.25, -0.2) is 4.79 Å². The highest BCUT2D eigenvalue weighted by Gasteiger charge is 2.47. The largest absolute Gasteiger partial charge is 0.444 e. The van der Waals surface area contributed by atoms with Crippen molar-refractivity contribution in [1.82, 2.24) is 5.32 Å². The molecule has 1 rings (SSSR count). The lowest BCUT2D eigenvalue weighted by Crippen LogP contribution is -2.64. The normalized spacial score (nSPS) is 29.2. The van der Waals surface area contributed by atoms with Crippen LogP contribution < -0.4 is 11.1 Å². The molecule has 4 nitrogen and oxygen atoms in total. The maximum absolute atomic E-state index is 11.5. The van der Waals surface area contributed by atoms with Crippen molar-refractivity contribution in [2.45, 2.75) is 58.7 Å². The lowest BCUT2D eigenvalue weighted by Gasteiger charge is -2.50. The van der Waals surface area contributed by atoms with Gasteiger partial charge in [0.05, 0.1) is 0 Å². The van der Waals surface area contributed by atoms with Crippen molar-refractivity contribution in [2.24, 2.45) is 11.1 Å². The highest BCUT2D eigenvalue weighted by atomic mass is 16.6. The fourth-order valence-electron chi connectivity index (χ4n) is 1.65. The molecule has 0 aliphatic heterocycles. The number of nitrogens with two attached hydrogens (primary N) is 1. The third-order valence-corrected chi connectivity index (χ3v) is 3.03. The number of nitrogens with one attached hydrogen (secondary N) is 1. The summed E-state index contributed by atoms with van der Waals surface area (Å²) >= 11 is 0. The van der Waals surface area contributed by atoms with E-state index in [1.807, 2.05) is 20.8 Å². The van der Waals surface area contributed by atoms with Crippen LogP contribution in [0.15, 0.2) is 0 Å². The second kappa shape index (κ2) is 3.67. The fourth-order valence-corrected chi connectivity index (χ4v) is 1.65. The summed E-state index contributed by atoms with van der Waals surface area (Å²) in [5.74, 6) is 0. The number of carbonyl (C=O) groups excluding carboxylic acids is 1. The van der Waals surface area contributed by atoms with Crippen LogP contribution in [0.3, 0.4) is 0 Å². The molecule has 1 saturated carbocycles. The molecule has 0 bridgehead atoms. The molecule has 0 aromatic carbocycles. The Balaban J connectivity index is 2.41. The first kappa shape index (κ1) is 12.3. The van der Waals surface area contributed by atoms with Crippen molar-refractivity contribution in [3.05, 3.63) is 0 Å². The molecule has 0 unspecified atom stereocenters. The Morgan fingerprint density at radius 2 is 2.00 bits per heavy atom. The number of amides is 1. The fraction of sp³-hybridized carbons (Fsp3) is 0.909. The first-order valence-electron chi connectivity index (χ1n) is 5.38. The highest BCUT2D eigenvalue weighted by molar-refractivity contribution is 5.68. The third kappa shape index (κ3) is 2.84. The molecule has 4 heteroatoms. The van der Waals surface area contributed by atoms with Crippen LogP contribution in [-0.2, 0) is 4.74 Å². The summed E-state index contributed by atoms with van der Waals surface area (Å²) in [5, 5.41) is 2.85. The molecule has 88 valence electrons. The monoisotopic (exact) mass is 214 g/mol. The maximum Gasteiger partial charge on any atom is 0.407 e. The topological polar surface area (TPSA) is 64.3 Å². The predicted octanol–water partition coefficient (Wildman–Crippen LogP) is 1.64. The van der Waals surface area contributed by atoms with Gasteiger partial charge in [0, 0.05) is 17.5 Å². The Morgan fingerprint density at radius 3 is 2.33 bits per heavy atom. The number of alkyl carbamates (subject to hydrolysis) is 1. The van der Waals surface area contributed by atoms with Crippen LogP contribution in [0.25, 0.3) is 0 Å². The molecule has 1 aliphatic rings. The standard InChI is InChI=1S/C11H22N2O2/c1-10(2,3)15-9(14)13-8-6-7(12)11(8,4)5/h7-8H,6,12H2,1-5H3,(H,13,14)/t7-,8+/m0/s1. The van der Waals surface area contributed by atoms with Crippen molar-refractivity contribution in [1.29, 1.82) is 0 Å². The molecule has 3 N–H and O–H groups in total. The Hall–Kier alpha value is -0.770. The lowest BCUT2D eigenvalue weighted by molar-refractivity contribution is 0.0256. The molecular formula is C11H22N2O2. The minimum absolute atomic E-state index is 0.0308. The third-order valence-electron chi connectivity index (χ3n) is 3.03. The molecule has 0 heterocycles. The van der Waals surface area contributed by atoms with Crippen molar-refractivity contribution in [3.8, 4) is 0 Å². The molecule has 1 aliphatic carbocycles. The van der Waals surface area contributed by atoms with E-state index in [1.54, 1.807) is 0 Å². The van der Waals surface area contributed by atoms with E-state index < -0.39 is 5.60 Å². The average molecular weight is 214 g/mol. The summed E-state index contributed by atoms with van der Waals surface area (Å²) in [5.41, 5.74) is 5.38. The van der Waals surface area contributed by atoms with Gasteiger partial charge in [0.1, 0.15) is 5.60 Å². The Bertz CT molecular complexity index is 256. The first-order chi connectivity index (χ1) is 6.63. The molecule has 0 aromatic rings. The van der Waals surface area contributed by atoms with E-state index >= 15 is 0 Å². The van der Waals surface area contributed by atoms with Crippen LogP contribution in [0.1, 0.15) is 41.0 Å². The van der Waals surface area contributed by atoms with Crippen molar-refractivity contribution in [3.63, 3.8) is 0 Å². The Kier molecular flexibility index (Phi) is 3.01. The van der Waals surface area contributed by atoms with Crippen LogP contribution >= 0.6 is 0 Å². The number of carbonyl (C=O) groups is 1. The molecule has 0 radical (unpaired) electrons. The van der Waals surface area contributed by atoms with E-state index in [9.17, 15) is 4.79 Å². The number of ether oxygens (including phenoxy) is 1. The lowest BCUT2D eigenvalue weighted by atomic mass is 9.63. The van der Waals surface area contributed by atoms with Gasteiger partial charge >= 0.3 is 6.09 Å². The van der Waals surface area contributed by atoms with Crippen molar-refractivity contribution in [2.75, 3.05) is 0 Å². The molecule has 2 atom stereocenters. The zero-order valence-corrected chi connectivity index (χ0v) is 10.3. The summed E-state index contributed by atoms with van der Waals surface area (Å²) in [4.78, 5) is 11.5. The van der Waals surface area contributed by atoms with Crippen LogP contribution in [0.2, 0.25) is 0 Å². The summed E-state index contributed by atoms with van der Waals surface area (Å²) in [6.07, 6.45) is 0.471. The van der Waals surface area contributed by atoms with Crippen molar-refractivity contribution >= 4 is 6.09 Å². The molecule has 1 fully saturated rings. The van der Waals surface area contributed by atoms with Gasteiger partial charge in [-0.05, 0) is 27.2 Å². The quantitative estimate of drug-likeness (QED) is 0.697. The number of hydrogen-bond acceptors (Lipinski definition) is 3. The maximum atomic E-state index is 11.5. The predicted molar refractivity (Wildman–Crippen MR) is 59.5 cm³/mol. The molecule has 1 amide bonds. The average Bonchev–Trinajstić information content (AvgIpc) is 2.00. The smallest absolute Gasteiger partial charge is 0.407 e. The molecular weight excluding hydrogens is 192 g/mol. The van der Waals surface area contributed by atoms with Gasteiger partial charge in [-0.2, -0.15) is 0 Å². The van der Waals surface area contributed by atoms with E-state index in [-0.39, 0.29) is 23.6 Å². The second-order valence-corrected chi connectivity index (χ2v) is 5.86. The first-order valence-corrected chi connectivity index (χ1v) is 5.38. The zero-order chi connectivity index (χ0) is 11.9. The Morgan fingerprint density at radius 1 is 1.47 bits per heavy atom. The van der Waals surface area contributed by atoms with E-state index in [4.69, 9.17) is 10.5 Å². The van der Waals surface area contributed by atoms with E-state index in [2.05, 4.69) is 19.2 Å². The van der Waals surface area contributed by atoms with Crippen LogP contribution in [0.5, 0.6) is 0 Å². The summed E-state index contributed by atoms with van der Waals surface area (Å²) in [7, 11) is 0. The number of rotatable bonds is 1. The van der Waals surface area contributed by atoms with Gasteiger partial charge in [-0.1, -0.05) is 13.8 Å². The summed E-state index contributed by atoms with van der Waals surface area (Å²) in [6.45, 7) is 9.67. The zero-order valence-electron chi connectivity index (χ0n) is 10.3. The second-order valence-electron chi connectivity index (χ2n) is 5.86. The molecule has 0 spiro atoms. The highest BCUT2D eigenvalue weighted by Crippen LogP contribution is 2.39. The van der Waals surface area contributed by atoms with Gasteiger partial charge in [0.25, 0.3) is 0 Å². The summed E-state index contributed by atoms with van der Waals surface area (Å²) in [6, 6.07) is 0.291. The number of hydrogen-bond donors (Lipinski definition) is 2. The van der Waals surface area contributed by atoms with E-state index in [1.165, 1.54) is 0 Å². The van der Waals surface area contributed by atoms with E-state index in [0.717, 1.165) is 6.42 Å². The van der Waals surface area contributed by atoms with Crippen LogP contribution in [0, 0.1) is 5.41 Å². The Labute approximate surface area is 91.5 Å². The van der Waals surface area contributed by atoms with Gasteiger partial charge in [-0.15, -0.1) is 0 Å². The van der Waals surface area contributed by atoms with Gasteiger partial charge in [-0.3, -0.25) is 0 Å².